The summed E-state index contributed by atoms with van der Waals surface area (Å²) in [5.74, 6) is -1.23. The van der Waals surface area contributed by atoms with E-state index in [-0.39, 0.29) is 6.61 Å². The van der Waals surface area contributed by atoms with Crippen LogP contribution in [0.4, 0.5) is 8.78 Å². The molecule has 0 bridgehead atoms. The standard InChI is InChI=1S/C16H16F2O2/c1-2-15(19)12-5-3-4-6-16(12)20-10-11-7-8-13(17)14(18)9-11/h3-9,15,19H,2,10H2,1H3/t15-/m1/s1. The van der Waals surface area contributed by atoms with Crippen LogP contribution in [0.2, 0.25) is 0 Å². The van der Waals surface area contributed by atoms with E-state index in [4.69, 9.17) is 4.74 Å². The lowest BCUT2D eigenvalue weighted by Gasteiger charge is -2.15. The van der Waals surface area contributed by atoms with Gasteiger partial charge in [0, 0.05) is 5.56 Å². The molecule has 2 nitrogen and oxygen atoms in total. The SMILES string of the molecule is CC[C@@H](O)c1ccccc1OCc1ccc(F)c(F)c1. The van der Waals surface area contributed by atoms with Crippen LogP contribution in [-0.2, 0) is 6.61 Å². The highest BCUT2D eigenvalue weighted by molar-refractivity contribution is 5.35. The smallest absolute Gasteiger partial charge is 0.159 e. The lowest BCUT2D eigenvalue weighted by atomic mass is 10.1. The highest BCUT2D eigenvalue weighted by Gasteiger charge is 2.11. The van der Waals surface area contributed by atoms with Crippen molar-refractivity contribution in [2.24, 2.45) is 0 Å². The maximum Gasteiger partial charge on any atom is 0.159 e. The zero-order valence-corrected chi connectivity index (χ0v) is 11.1. The fraction of sp³-hybridized carbons (Fsp3) is 0.250. The Hall–Kier alpha value is -1.94. The van der Waals surface area contributed by atoms with E-state index < -0.39 is 17.7 Å². The Kier molecular flexibility index (Phi) is 4.69. The minimum absolute atomic E-state index is 0.116. The molecule has 20 heavy (non-hydrogen) atoms. The number of halogens is 2. The third-order valence-electron chi connectivity index (χ3n) is 3.04. The largest absolute Gasteiger partial charge is 0.489 e. The number of benzene rings is 2. The predicted octanol–water partition coefficient (Wildman–Crippen LogP) is 3.99. The molecule has 0 aliphatic heterocycles. The first-order chi connectivity index (χ1) is 9.61. The maximum absolute atomic E-state index is 13.1. The summed E-state index contributed by atoms with van der Waals surface area (Å²) in [6, 6.07) is 10.8. The number of hydrogen-bond donors (Lipinski definition) is 1. The minimum atomic E-state index is -0.895. The van der Waals surface area contributed by atoms with Gasteiger partial charge in [-0.05, 0) is 30.2 Å². The number of aliphatic hydroxyl groups is 1. The molecule has 2 rings (SSSR count). The van der Waals surface area contributed by atoms with Crippen LogP contribution in [0.15, 0.2) is 42.5 Å². The topological polar surface area (TPSA) is 29.5 Å². The van der Waals surface area contributed by atoms with Crippen molar-refractivity contribution in [3.8, 4) is 5.75 Å². The van der Waals surface area contributed by atoms with Gasteiger partial charge in [-0.1, -0.05) is 31.2 Å². The average molecular weight is 278 g/mol. The van der Waals surface area contributed by atoms with E-state index in [2.05, 4.69) is 0 Å². The van der Waals surface area contributed by atoms with Crippen LogP contribution in [0.3, 0.4) is 0 Å². The molecular weight excluding hydrogens is 262 g/mol. The molecule has 2 aromatic carbocycles. The lowest BCUT2D eigenvalue weighted by Crippen LogP contribution is -2.02. The Morgan fingerprint density at radius 2 is 1.85 bits per heavy atom. The Bertz CT molecular complexity index is 584. The van der Waals surface area contributed by atoms with Gasteiger partial charge in [0.15, 0.2) is 11.6 Å². The van der Waals surface area contributed by atoms with Crippen LogP contribution >= 0.6 is 0 Å². The Morgan fingerprint density at radius 1 is 1.10 bits per heavy atom. The molecule has 0 aromatic heterocycles. The van der Waals surface area contributed by atoms with Crippen LogP contribution in [0.25, 0.3) is 0 Å². The quantitative estimate of drug-likeness (QED) is 0.896. The summed E-state index contributed by atoms with van der Waals surface area (Å²) in [5.41, 5.74) is 1.22. The second-order valence-corrected chi connectivity index (χ2v) is 4.50. The maximum atomic E-state index is 13.1. The summed E-state index contributed by atoms with van der Waals surface area (Å²) in [6.07, 6.45) is -0.0258. The minimum Gasteiger partial charge on any atom is -0.489 e. The third-order valence-corrected chi connectivity index (χ3v) is 3.04. The van der Waals surface area contributed by atoms with Crippen LogP contribution < -0.4 is 4.74 Å². The van der Waals surface area contributed by atoms with Crippen molar-refractivity contribution in [2.45, 2.75) is 26.1 Å². The molecule has 0 unspecified atom stereocenters. The van der Waals surface area contributed by atoms with Crippen molar-refractivity contribution in [3.05, 3.63) is 65.2 Å². The summed E-state index contributed by atoms with van der Waals surface area (Å²) < 4.78 is 31.5. The van der Waals surface area contributed by atoms with Gasteiger partial charge in [0.2, 0.25) is 0 Å². The summed E-state index contributed by atoms with van der Waals surface area (Å²) in [4.78, 5) is 0. The Balaban J connectivity index is 2.12. The zero-order chi connectivity index (χ0) is 14.5. The Morgan fingerprint density at radius 3 is 2.55 bits per heavy atom. The van der Waals surface area contributed by atoms with Crippen LogP contribution in [0, 0.1) is 11.6 Å². The molecule has 1 atom stereocenters. The summed E-state index contributed by atoms with van der Waals surface area (Å²) in [5, 5.41) is 9.90. The molecule has 2 aromatic rings. The summed E-state index contributed by atoms with van der Waals surface area (Å²) in [6.45, 7) is 1.99. The van der Waals surface area contributed by atoms with Gasteiger partial charge in [-0.3, -0.25) is 0 Å². The number of rotatable bonds is 5. The predicted molar refractivity (Wildman–Crippen MR) is 72.4 cm³/mol. The zero-order valence-electron chi connectivity index (χ0n) is 11.1. The van der Waals surface area contributed by atoms with E-state index in [9.17, 15) is 13.9 Å². The molecule has 0 radical (unpaired) electrons. The van der Waals surface area contributed by atoms with Crippen molar-refractivity contribution in [3.63, 3.8) is 0 Å². The van der Waals surface area contributed by atoms with Gasteiger partial charge in [0.05, 0.1) is 6.10 Å². The van der Waals surface area contributed by atoms with Crippen molar-refractivity contribution >= 4 is 0 Å². The summed E-state index contributed by atoms with van der Waals surface area (Å²) >= 11 is 0. The van der Waals surface area contributed by atoms with E-state index >= 15 is 0 Å². The monoisotopic (exact) mass is 278 g/mol. The van der Waals surface area contributed by atoms with Crippen molar-refractivity contribution in [2.75, 3.05) is 0 Å². The second kappa shape index (κ2) is 6.48. The van der Waals surface area contributed by atoms with Gasteiger partial charge in [-0.2, -0.15) is 0 Å². The molecule has 0 aliphatic rings. The van der Waals surface area contributed by atoms with Crippen molar-refractivity contribution < 1.29 is 18.6 Å². The highest BCUT2D eigenvalue weighted by atomic mass is 19.2. The van der Waals surface area contributed by atoms with Gasteiger partial charge in [0.1, 0.15) is 12.4 Å². The van der Waals surface area contributed by atoms with Gasteiger partial charge in [0.25, 0.3) is 0 Å². The first-order valence-corrected chi connectivity index (χ1v) is 6.45. The van der Waals surface area contributed by atoms with Gasteiger partial charge >= 0.3 is 0 Å². The van der Waals surface area contributed by atoms with E-state index in [1.54, 1.807) is 18.2 Å². The second-order valence-electron chi connectivity index (χ2n) is 4.50. The van der Waals surface area contributed by atoms with Crippen LogP contribution in [0.5, 0.6) is 5.75 Å². The van der Waals surface area contributed by atoms with Crippen molar-refractivity contribution in [1.82, 2.24) is 0 Å². The number of ether oxygens (including phenoxy) is 1. The van der Waals surface area contributed by atoms with E-state index in [1.807, 2.05) is 13.0 Å². The first kappa shape index (κ1) is 14.5. The number of hydrogen-bond acceptors (Lipinski definition) is 2. The molecule has 1 N–H and O–H groups in total. The Labute approximate surface area is 116 Å². The van der Waals surface area contributed by atoms with Gasteiger partial charge in [-0.15, -0.1) is 0 Å². The fourth-order valence-corrected chi connectivity index (χ4v) is 1.90. The molecule has 0 heterocycles. The van der Waals surface area contributed by atoms with Crippen LogP contribution in [-0.4, -0.2) is 5.11 Å². The molecule has 0 saturated carbocycles. The number of aliphatic hydroxyl groups excluding tert-OH is 1. The van der Waals surface area contributed by atoms with Crippen LogP contribution in [0.1, 0.15) is 30.6 Å². The molecule has 0 fully saturated rings. The van der Waals surface area contributed by atoms with Crippen molar-refractivity contribution in [1.29, 1.82) is 0 Å². The average Bonchev–Trinajstić information content (AvgIpc) is 2.48. The molecule has 0 aliphatic carbocycles. The van der Waals surface area contributed by atoms with Gasteiger partial charge < -0.3 is 9.84 Å². The molecular formula is C16H16F2O2. The molecule has 0 amide bonds. The van der Waals surface area contributed by atoms with E-state index in [0.717, 1.165) is 12.1 Å². The highest BCUT2D eigenvalue weighted by Crippen LogP contribution is 2.27. The molecule has 106 valence electrons. The molecule has 0 saturated heterocycles. The molecule has 0 spiro atoms. The van der Waals surface area contributed by atoms with E-state index in [0.29, 0.717) is 23.3 Å². The summed E-state index contributed by atoms with van der Waals surface area (Å²) in [7, 11) is 0. The van der Waals surface area contributed by atoms with E-state index in [1.165, 1.54) is 6.07 Å². The normalized spacial score (nSPS) is 12.2. The number of para-hydroxylation sites is 1. The third kappa shape index (κ3) is 3.33. The molecule has 4 heteroatoms. The van der Waals surface area contributed by atoms with Gasteiger partial charge in [-0.25, -0.2) is 8.78 Å². The fourth-order valence-electron chi connectivity index (χ4n) is 1.90. The first-order valence-electron chi connectivity index (χ1n) is 6.45. The lowest BCUT2D eigenvalue weighted by molar-refractivity contribution is 0.166.